The minimum atomic E-state index is -2.73. The molecule has 5 nitrogen and oxygen atoms in total. The summed E-state index contributed by atoms with van der Waals surface area (Å²) in [5.74, 6) is -4.96. The Kier molecular flexibility index (Phi) is 7.02. The number of alkyl halides is 2. The van der Waals surface area contributed by atoms with Crippen LogP contribution in [0.25, 0.3) is 0 Å². The Morgan fingerprint density at radius 2 is 1.85 bits per heavy atom. The molecule has 146 valence electrons. The Labute approximate surface area is 150 Å². The van der Waals surface area contributed by atoms with Crippen LogP contribution in [0.1, 0.15) is 37.7 Å². The number of hydroxylamine groups is 1. The van der Waals surface area contributed by atoms with E-state index in [0.717, 1.165) is 5.56 Å². The summed E-state index contributed by atoms with van der Waals surface area (Å²) in [6.45, 7) is 0. The van der Waals surface area contributed by atoms with Crippen LogP contribution in [-0.2, 0) is 11.2 Å². The predicted molar refractivity (Wildman–Crippen MR) is 89.0 cm³/mol. The number of halogens is 3. The first-order valence-corrected chi connectivity index (χ1v) is 8.71. The summed E-state index contributed by atoms with van der Waals surface area (Å²) in [4.78, 5) is 12.0. The van der Waals surface area contributed by atoms with Crippen molar-refractivity contribution < 1.29 is 28.3 Å². The molecule has 5 N–H and O–H groups in total. The zero-order valence-corrected chi connectivity index (χ0v) is 14.4. The molecule has 1 amide bonds. The van der Waals surface area contributed by atoms with Crippen molar-refractivity contribution in [1.29, 1.82) is 0 Å². The second-order valence-corrected chi connectivity index (χ2v) is 7.07. The fourth-order valence-electron chi connectivity index (χ4n) is 3.52. The molecular formula is C18H25F3N2O3. The lowest BCUT2D eigenvalue weighted by Gasteiger charge is -2.34. The van der Waals surface area contributed by atoms with Gasteiger partial charge in [0.05, 0.1) is 6.10 Å². The van der Waals surface area contributed by atoms with E-state index in [1.165, 1.54) is 12.1 Å². The van der Waals surface area contributed by atoms with Gasteiger partial charge >= 0.3 is 0 Å². The summed E-state index contributed by atoms with van der Waals surface area (Å²) in [5, 5.41) is 19.3. The first-order chi connectivity index (χ1) is 12.2. The van der Waals surface area contributed by atoms with Crippen LogP contribution in [0.5, 0.6) is 0 Å². The highest BCUT2D eigenvalue weighted by atomic mass is 19.3. The van der Waals surface area contributed by atoms with Crippen LogP contribution in [0.2, 0.25) is 0 Å². The van der Waals surface area contributed by atoms with Crippen LogP contribution in [0.4, 0.5) is 13.2 Å². The first kappa shape index (κ1) is 20.7. The maximum atomic E-state index is 13.3. The summed E-state index contributed by atoms with van der Waals surface area (Å²) in [6, 6.07) is 4.99. The lowest BCUT2D eigenvalue weighted by atomic mass is 9.75. The van der Waals surface area contributed by atoms with E-state index < -0.39 is 29.9 Å². The second kappa shape index (κ2) is 8.83. The molecule has 0 saturated heterocycles. The smallest absolute Gasteiger partial charge is 0.248 e. The molecule has 1 fully saturated rings. The molecule has 0 heterocycles. The largest absolute Gasteiger partial charge is 0.391 e. The number of nitrogens with two attached hydrogens (primary N) is 1. The zero-order chi connectivity index (χ0) is 19.3. The van der Waals surface area contributed by atoms with Crippen LogP contribution >= 0.6 is 0 Å². The molecule has 1 aromatic carbocycles. The van der Waals surface area contributed by atoms with Gasteiger partial charge in [-0.15, -0.1) is 0 Å². The average Bonchev–Trinajstić information content (AvgIpc) is 2.61. The third kappa shape index (κ3) is 5.69. The summed E-state index contributed by atoms with van der Waals surface area (Å²) in [5.41, 5.74) is 8.29. The molecular weight excluding hydrogens is 349 g/mol. The molecule has 0 bridgehead atoms. The van der Waals surface area contributed by atoms with Gasteiger partial charge in [-0.1, -0.05) is 12.1 Å². The van der Waals surface area contributed by atoms with Gasteiger partial charge in [0.2, 0.25) is 11.8 Å². The van der Waals surface area contributed by atoms with Crippen molar-refractivity contribution in [3.8, 4) is 0 Å². The van der Waals surface area contributed by atoms with Crippen LogP contribution in [0.15, 0.2) is 24.3 Å². The average molecular weight is 374 g/mol. The Hall–Kier alpha value is -1.64. The number of carbonyl (C=O) groups is 1. The number of carbonyl (C=O) groups excluding carboxylic acids is 1. The van der Waals surface area contributed by atoms with Gasteiger partial charge in [0.25, 0.3) is 0 Å². The highest BCUT2D eigenvalue weighted by Gasteiger charge is 2.40. The molecule has 3 atom stereocenters. The standard InChI is InChI=1S/C18H25F3N2O3/c19-13-3-1-11(2-4-13)9-15(22)16(24)10-14(17(25)23-26)12-5-7-18(20,21)8-6-12/h1-4,12,14-16,24,26H,5-10,22H2,(H,23,25). The van der Waals surface area contributed by atoms with Gasteiger partial charge in [-0.25, -0.2) is 18.7 Å². The van der Waals surface area contributed by atoms with E-state index in [-0.39, 0.29) is 50.3 Å². The molecule has 8 heteroatoms. The van der Waals surface area contributed by atoms with Crippen LogP contribution in [-0.4, -0.2) is 34.3 Å². The number of hydrogen-bond acceptors (Lipinski definition) is 4. The van der Waals surface area contributed by atoms with Gasteiger partial charge in [-0.3, -0.25) is 10.0 Å². The first-order valence-electron chi connectivity index (χ1n) is 8.71. The van der Waals surface area contributed by atoms with Crippen molar-refractivity contribution in [1.82, 2.24) is 5.48 Å². The normalized spacial score (nSPS) is 21.0. The van der Waals surface area contributed by atoms with Crippen molar-refractivity contribution in [3.05, 3.63) is 35.6 Å². The number of aliphatic hydroxyl groups excluding tert-OH is 1. The predicted octanol–water partition coefficient (Wildman–Crippen LogP) is 2.39. The quantitative estimate of drug-likeness (QED) is 0.435. The maximum absolute atomic E-state index is 13.3. The fraction of sp³-hybridized carbons (Fsp3) is 0.611. The lowest BCUT2D eigenvalue weighted by Crippen LogP contribution is -2.43. The highest BCUT2D eigenvalue weighted by molar-refractivity contribution is 5.77. The second-order valence-electron chi connectivity index (χ2n) is 7.07. The van der Waals surface area contributed by atoms with Gasteiger partial charge in [-0.05, 0) is 49.3 Å². The maximum Gasteiger partial charge on any atom is 0.248 e. The molecule has 0 radical (unpaired) electrons. The lowest BCUT2D eigenvalue weighted by molar-refractivity contribution is -0.139. The minimum Gasteiger partial charge on any atom is -0.391 e. The Morgan fingerprint density at radius 1 is 1.27 bits per heavy atom. The van der Waals surface area contributed by atoms with Crippen molar-refractivity contribution >= 4 is 5.91 Å². The van der Waals surface area contributed by atoms with E-state index in [1.807, 2.05) is 0 Å². The molecule has 3 unspecified atom stereocenters. The van der Waals surface area contributed by atoms with Gasteiger partial charge < -0.3 is 10.8 Å². The summed E-state index contributed by atoms with van der Waals surface area (Å²) >= 11 is 0. The monoisotopic (exact) mass is 374 g/mol. The van der Waals surface area contributed by atoms with Crippen molar-refractivity contribution in [3.63, 3.8) is 0 Å². The van der Waals surface area contributed by atoms with Gasteiger partial charge in [0.15, 0.2) is 0 Å². The topological polar surface area (TPSA) is 95.6 Å². The number of rotatable bonds is 7. The molecule has 1 aliphatic carbocycles. The Bertz CT molecular complexity index is 588. The minimum absolute atomic E-state index is 0.0367. The van der Waals surface area contributed by atoms with Crippen LogP contribution in [0, 0.1) is 17.7 Å². The number of aliphatic hydroxyl groups is 1. The van der Waals surface area contributed by atoms with Crippen molar-refractivity contribution in [2.75, 3.05) is 0 Å². The van der Waals surface area contributed by atoms with E-state index in [9.17, 15) is 23.1 Å². The van der Waals surface area contributed by atoms with E-state index in [2.05, 4.69) is 0 Å². The SMILES string of the molecule is NC(Cc1ccc(F)cc1)C(O)CC(C(=O)NO)C1CCC(F)(F)CC1. The molecule has 1 aromatic rings. The Balaban J connectivity index is 1.98. The fourth-order valence-corrected chi connectivity index (χ4v) is 3.52. The van der Waals surface area contributed by atoms with Crippen molar-refractivity contribution in [2.45, 2.75) is 56.6 Å². The van der Waals surface area contributed by atoms with Crippen LogP contribution in [0.3, 0.4) is 0 Å². The molecule has 0 spiro atoms. The molecule has 2 rings (SSSR count). The highest BCUT2D eigenvalue weighted by Crippen LogP contribution is 2.40. The zero-order valence-electron chi connectivity index (χ0n) is 14.4. The van der Waals surface area contributed by atoms with E-state index in [4.69, 9.17) is 10.9 Å². The summed E-state index contributed by atoms with van der Waals surface area (Å²) < 4.78 is 39.6. The van der Waals surface area contributed by atoms with Crippen LogP contribution < -0.4 is 11.2 Å². The summed E-state index contributed by atoms with van der Waals surface area (Å²) in [7, 11) is 0. The molecule has 0 aromatic heterocycles. The summed E-state index contributed by atoms with van der Waals surface area (Å²) in [6.07, 6.45) is -1.17. The van der Waals surface area contributed by atoms with Gasteiger partial charge in [-0.2, -0.15) is 0 Å². The number of amides is 1. The third-order valence-corrected chi connectivity index (χ3v) is 5.15. The van der Waals surface area contributed by atoms with Gasteiger partial charge in [0.1, 0.15) is 5.82 Å². The third-order valence-electron chi connectivity index (χ3n) is 5.15. The molecule has 1 aliphatic rings. The van der Waals surface area contributed by atoms with E-state index in [0.29, 0.717) is 0 Å². The number of benzene rings is 1. The number of nitrogens with one attached hydrogen (secondary N) is 1. The van der Waals surface area contributed by atoms with E-state index >= 15 is 0 Å². The number of hydrogen-bond donors (Lipinski definition) is 4. The molecule has 26 heavy (non-hydrogen) atoms. The molecule has 1 saturated carbocycles. The Morgan fingerprint density at radius 3 is 2.38 bits per heavy atom. The molecule has 0 aliphatic heterocycles. The van der Waals surface area contributed by atoms with Gasteiger partial charge in [0, 0.05) is 24.8 Å². The van der Waals surface area contributed by atoms with E-state index in [1.54, 1.807) is 17.6 Å². The van der Waals surface area contributed by atoms with Crippen molar-refractivity contribution in [2.24, 2.45) is 17.6 Å².